The van der Waals surface area contributed by atoms with Crippen molar-refractivity contribution < 1.29 is 8.83 Å². The lowest BCUT2D eigenvalue weighted by Gasteiger charge is -2.33. The van der Waals surface area contributed by atoms with Gasteiger partial charge in [0.1, 0.15) is 22.3 Å². The maximum atomic E-state index is 6.54. The predicted molar refractivity (Wildman–Crippen MR) is 300 cm³/mol. The summed E-state index contributed by atoms with van der Waals surface area (Å²) in [6.45, 7) is 0. The molecule has 0 radical (unpaired) electrons. The lowest BCUT2D eigenvalue weighted by molar-refractivity contribution is 0.669. The first-order valence-electron chi connectivity index (χ1n) is 24.0. The van der Waals surface area contributed by atoms with E-state index in [0.717, 1.165) is 111 Å². The summed E-state index contributed by atoms with van der Waals surface area (Å²) in [6, 6.07) is 91.3. The Hall–Kier alpha value is -9.16. The Balaban J connectivity index is 0.963. The van der Waals surface area contributed by atoms with Crippen LogP contribution in [0.4, 0.5) is 34.1 Å². The highest BCUT2D eigenvalue weighted by Crippen LogP contribution is 2.49. The standard InChI is InChI=1S/C66H42N2O2S/c1-4-16-45(17-5-1)57-38-47(39-58-53-23-11-14-26-62(53)70-66(57)58)44-30-28-43(29-31-44)46-32-37-59(67(48-18-6-2-7-19-48)50-33-35-54-52-22-10-13-25-61(52)69-63(54)41-50)60(40-46)68(49-20-8-3-9-21-49)51-34-36-56-55-24-12-15-27-64(55)71-65(56)42-51/h1-42H. The summed E-state index contributed by atoms with van der Waals surface area (Å²) in [5.74, 6) is 0. The van der Waals surface area contributed by atoms with Gasteiger partial charge in [-0.3, -0.25) is 0 Å². The molecule has 0 aliphatic carbocycles. The Morgan fingerprint density at radius 1 is 0.268 bits per heavy atom. The fraction of sp³-hybridized carbons (Fsp3) is 0. The molecule has 0 bridgehead atoms. The van der Waals surface area contributed by atoms with Crippen LogP contribution in [0.5, 0.6) is 0 Å². The van der Waals surface area contributed by atoms with Gasteiger partial charge in [0.25, 0.3) is 0 Å². The van der Waals surface area contributed by atoms with Crippen LogP contribution < -0.4 is 9.80 Å². The van der Waals surface area contributed by atoms with Crippen molar-refractivity contribution in [2.24, 2.45) is 0 Å². The van der Waals surface area contributed by atoms with E-state index >= 15 is 0 Å². The van der Waals surface area contributed by atoms with Crippen molar-refractivity contribution in [3.8, 4) is 33.4 Å². The molecular formula is C66H42N2O2S. The lowest BCUT2D eigenvalue weighted by Crippen LogP contribution is -2.17. The smallest absolute Gasteiger partial charge is 0.143 e. The molecule has 11 aromatic carbocycles. The quantitative estimate of drug-likeness (QED) is 0.144. The van der Waals surface area contributed by atoms with Gasteiger partial charge < -0.3 is 18.6 Å². The molecule has 3 heterocycles. The number of rotatable bonds is 9. The largest absolute Gasteiger partial charge is 0.456 e. The maximum Gasteiger partial charge on any atom is 0.143 e. The van der Waals surface area contributed by atoms with E-state index in [4.69, 9.17) is 8.83 Å². The molecule has 0 amide bonds. The van der Waals surface area contributed by atoms with Gasteiger partial charge in [-0.1, -0.05) is 158 Å². The average Bonchev–Trinajstić information content (AvgIpc) is 4.13. The van der Waals surface area contributed by atoms with E-state index < -0.39 is 0 Å². The van der Waals surface area contributed by atoms with Gasteiger partial charge in [0.2, 0.25) is 0 Å². The molecule has 4 nitrogen and oxygen atoms in total. The van der Waals surface area contributed by atoms with Crippen LogP contribution >= 0.6 is 11.3 Å². The topological polar surface area (TPSA) is 32.8 Å². The molecule has 14 aromatic rings. The van der Waals surface area contributed by atoms with E-state index in [0.29, 0.717) is 0 Å². The molecule has 0 aliphatic heterocycles. The van der Waals surface area contributed by atoms with Crippen LogP contribution in [0, 0.1) is 0 Å². The van der Waals surface area contributed by atoms with Crippen LogP contribution in [0.15, 0.2) is 264 Å². The van der Waals surface area contributed by atoms with E-state index in [1.807, 2.05) is 29.5 Å². The van der Waals surface area contributed by atoms with Crippen LogP contribution in [0.1, 0.15) is 0 Å². The van der Waals surface area contributed by atoms with E-state index in [1.54, 1.807) is 0 Å². The van der Waals surface area contributed by atoms with Gasteiger partial charge in [0.15, 0.2) is 0 Å². The summed E-state index contributed by atoms with van der Waals surface area (Å²) in [5.41, 5.74) is 16.4. The van der Waals surface area contributed by atoms with Gasteiger partial charge in [-0.2, -0.15) is 0 Å². The van der Waals surface area contributed by atoms with Crippen LogP contribution in [-0.4, -0.2) is 0 Å². The van der Waals surface area contributed by atoms with Gasteiger partial charge in [-0.25, -0.2) is 0 Å². The SMILES string of the molecule is c1ccc(-c2cc(-c3ccc(-c4ccc(N(c5ccccc5)c5ccc6c(c5)oc5ccccc56)c(N(c5ccccc5)c5ccc6c(c5)sc5ccccc56)c4)cc3)cc3c2oc2ccccc23)cc1. The Morgan fingerprint density at radius 3 is 1.51 bits per heavy atom. The van der Waals surface area contributed by atoms with Crippen molar-refractivity contribution in [3.05, 3.63) is 255 Å². The second kappa shape index (κ2) is 16.8. The molecule has 0 saturated carbocycles. The van der Waals surface area contributed by atoms with Crippen LogP contribution in [0.3, 0.4) is 0 Å². The lowest BCUT2D eigenvalue weighted by atomic mass is 9.94. The first kappa shape index (κ1) is 40.9. The van der Waals surface area contributed by atoms with Crippen molar-refractivity contribution in [1.82, 2.24) is 0 Å². The van der Waals surface area contributed by atoms with E-state index in [-0.39, 0.29) is 0 Å². The van der Waals surface area contributed by atoms with Crippen molar-refractivity contribution in [3.63, 3.8) is 0 Å². The third kappa shape index (κ3) is 7.05. The molecule has 0 aliphatic rings. The number of furan rings is 2. The zero-order chi connectivity index (χ0) is 46.8. The molecule has 0 spiro atoms. The Morgan fingerprint density at radius 2 is 0.789 bits per heavy atom. The molecule has 0 saturated heterocycles. The van der Waals surface area contributed by atoms with Crippen LogP contribution in [0.25, 0.3) is 97.4 Å². The second-order valence-electron chi connectivity index (χ2n) is 18.0. The monoisotopic (exact) mass is 926 g/mol. The average molecular weight is 927 g/mol. The number of thiophene rings is 1. The van der Waals surface area contributed by atoms with Gasteiger partial charge in [-0.15, -0.1) is 11.3 Å². The highest BCUT2D eigenvalue weighted by atomic mass is 32.1. The summed E-state index contributed by atoms with van der Waals surface area (Å²) in [7, 11) is 0. The second-order valence-corrected chi connectivity index (χ2v) is 19.1. The predicted octanol–water partition coefficient (Wildman–Crippen LogP) is 19.8. The number of benzene rings is 11. The summed E-state index contributed by atoms with van der Waals surface area (Å²) in [4.78, 5) is 4.78. The van der Waals surface area contributed by atoms with E-state index in [9.17, 15) is 0 Å². The fourth-order valence-corrected chi connectivity index (χ4v) is 11.6. The molecule has 334 valence electrons. The molecule has 14 rings (SSSR count). The minimum absolute atomic E-state index is 0.842. The van der Waals surface area contributed by atoms with Crippen molar-refractivity contribution in [2.75, 3.05) is 9.80 Å². The van der Waals surface area contributed by atoms with Gasteiger partial charge >= 0.3 is 0 Å². The first-order chi connectivity index (χ1) is 35.2. The molecular weight excluding hydrogens is 885 g/mol. The minimum atomic E-state index is 0.842. The Labute approximate surface area is 414 Å². The molecule has 0 fully saturated rings. The van der Waals surface area contributed by atoms with Crippen molar-refractivity contribution >= 4 is 110 Å². The summed E-state index contributed by atoms with van der Waals surface area (Å²) in [5, 5.41) is 6.96. The third-order valence-electron chi connectivity index (χ3n) is 13.8. The number of para-hydroxylation sites is 4. The summed E-state index contributed by atoms with van der Waals surface area (Å²) in [6.07, 6.45) is 0. The molecule has 0 atom stereocenters. The van der Waals surface area contributed by atoms with Gasteiger partial charge in [0.05, 0.1) is 11.4 Å². The number of anilines is 6. The van der Waals surface area contributed by atoms with Crippen LogP contribution in [0.2, 0.25) is 0 Å². The zero-order valence-corrected chi connectivity index (χ0v) is 39.2. The van der Waals surface area contributed by atoms with Crippen LogP contribution in [-0.2, 0) is 0 Å². The van der Waals surface area contributed by atoms with E-state index in [2.05, 4.69) is 246 Å². The zero-order valence-electron chi connectivity index (χ0n) is 38.4. The number of nitrogens with zero attached hydrogens (tertiary/aromatic N) is 2. The van der Waals surface area contributed by atoms with Gasteiger partial charge in [-0.05, 0) is 119 Å². The summed E-state index contributed by atoms with van der Waals surface area (Å²) >= 11 is 1.84. The molecule has 71 heavy (non-hydrogen) atoms. The van der Waals surface area contributed by atoms with Crippen molar-refractivity contribution in [1.29, 1.82) is 0 Å². The number of hydrogen-bond acceptors (Lipinski definition) is 5. The minimum Gasteiger partial charge on any atom is -0.456 e. The van der Waals surface area contributed by atoms with Crippen molar-refractivity contribution in [2.45, 2.75) is 0 Å². The molecule has 5 heteroatoms. The van der Waals surface area contributed by atoms with E-state index in [1.165, 1.54) is 20.2 Å². The van der Waals surface area contributed by atoms with Gasteiger partial charge in [0, 0.05) is 76.1 Å². The third-order valence-corrected chi connectivity index (χ3v) is 15.0. The molecule has 0 unspecified atom stereocenters. The number of hydrogen-bond donors (Lipinski definition) is 0. The number of fused-ring (bicyclic) bond motifs is 9. The first-order valence-corrected chi connectivity index (χ1v) is 24.8. The molecule has 3 aromatic heterocycles. The molecule has 0 N–H and O–H groups in total. The highest BCUT2D eigenvalue weighted by molar-refractivity contribution is 7.25. The highest BCUT2D eigenvalue weighted by Gasteiger charge is 2.25. The normalized spacial score (nSPS) is 11.7. The maximum absolute atomic E-state index is 6.54. The Kier molecular flexibility index (Phi) is 9.68. The Bertz CT molecular complexity index is 4290. The summed E-state index contributed by atoms with van der Waals surface area (Å²) < 4.78 is 15.6. The fourth-order valence-electron chi connectivity index (χ4n) is 10.5.